The lowest BCUT2D eigenvalue weighted by atomic mass is 9.83. The Bertz CT molecular complexity index is 1510. The summed E-state index contributed by atoms with van der Waals surface area (Å²) < 4.78 is 0. The molecule has 2 heteroatoms. The Morgan fingerprint density at radius 1 is 0.500 bits per heavy atom. The lowest BCUT2D eigenvalue weighted by Gasteiger charge is -2.21. The van der Waals surface area contributed by atoms with Crippen LogP contribution in [0.25, 0.3) is 54.6 Å². The van der Waals surface area contributed by atoms with Crippen LogP contribution in [0.3, 0.4) is 0 Å². The van der Waals surface area contributed by atoms with Crippen LogP contribution in [0.2, 0.25) is 0 Å². The van der Waals surface area contributed by atoms with Gasteiger partial charge in [-0.2, -0.15) is 0 Å². The first-order chi connectivity index (χ1) is 17.8. The van der Waals surface area contributed by atoms with Gasteiger partial charge >= 0.3 is 0 Å². The summed E-state index contributed by atoms with van der Waals surface area (Å²) in [7, 11) is 0. The summed E-state index contributed by atoms with van der Waals surface area (Å²) >= 11 is 0. The highest BCUT2D eigenvalue weighted by atomic mass is 14.6. The average Bonchev–Trinajstić information content (AvgIpc) is 2.94. The molecule has 0 amide bonds. The lowest BCUT2D eigenvalue weighted by molar-refractivity contribution is 0.799. The third kappa shape index (κ3) is 3.82. The van der Waals surface area contributed by atoms with Crippen molar-refractivity contribution in [1.29, 1.82) is 0 Å². The fraction of sp³-hybridized carbons (Fsp3) is 0.235. The molecule has 0 spiro atoms. The summed E-state index contributed by atoms with van der Waals surface area (Å²) in [6.45, 7) is 4.56. The maximum atomic E-state index is 4.28. The second-order valence-electron chi connectivity index (χ2n) is 9.92. The van der Waals surface area contributed by atoms with E-state index in [2.05, 4.69) is 84.5 Å². The number of rotatable bonds is 8. The average molecular weight is 469 g/mol. The highest BCUT2D eigenvalue weighted by molar-refractivity contribution is 6.28. The zero-order chi connectivity index (χ0) is 24.5. The van der Waals surface area contributed by atoms with Crippen molar-refractivity contribution in [3.8, 4) is 22.3 Å². The van der Waals surface area contributed by atoms with Crippen LogP contribution in [-0.2, 0) is 12.8 Å². The molecule has 0 aliphatic carbocycles. The van der Waals surface area contributed by atoms with Crippen molar-refractivity contribution in [1.82, 2.24) is 9.97 Å². The van der Waals surface area contributed by atoms with E-state index in [4.69, 9.17) is 0 Å². The lowest BCUT2D eigenvalue weighted by Crippen LogP contribution is -1.97. The molecule has 0 fully saturated rings. The topological polar surface area (TPSA) is 25.8 Å². The van der Waals surface area contributed by atoms with Crippen LogP contribution in [-0.4, -0.2) is 9.97 Å². The van der Waals surface area contributed by atoms with E-state index in [9.17, 15) is 0 Å². The first-order valence-electron chi connectivity index (χ1n) is 13.4. The SMILES string of the molecule is CCCCc1cc(-c2ccncc2)c2ccc3c(CCCC)cc(-c4ccncc4)c4ccc1c2c34. The Hall–Kier alpha value is -3.78. The van der Waals surface area contributed by atoms with Crippen molar-refractivity contribution in [2.45, 2.75) is 52.4 Å². The molecule has 2 aromatic heterocycles. The fourth-order valence-electron chi connectivity index (χ4n) is 5.83. The molecular formula is C34H32N2. The Labute approximate surface area is 213 Å². The van der Waals surface area contributed by atoms with E-state index in [1.165, 1.54) is 91.4 Å². The summed E-state index contributed by atoms with van der Waals surface area (Å²) in [5.74, 6) is 0. The van der Waals surface area contributed by atoms with Gasteiger partial charge in [-0.15, -0.1) is 0 Å². The van der Waals surface area contributed by atoms with Crippen molar-refractivity contribution in [2.75, 3.05) is 0 Å². The number of unbranched alkanes of at least 4 members (excludes halogenated alkanes) is 2. The number of benzene rings is 4. The smallest absolute Gasteiger partial charge is 0.0273 e. The van der Waals surface area contributed by atoms with Crippen molar-refractivity contribution >= 4 is 32.3 Å². The van der Waals surface area contributed by atoms with Crippen molar-refractivity contribution in [3.63, 3.8) is 0 Å². The van der Waals surface area contributed by atoms with Gasteiger partial charge in [0, 0.05) is 24.8 Å². The molecule has 0 saturated heterocycles. The largest absolute Gasteiger partial charge is 0.265 e. The molecule has 0 N–H and O–H groups in total. The van der Waals surface area contributed by atoms with Gasteiger partial charge in [-0.25, -0.2) is 0 Å². The molecular weight excluding hydrogens is 436 g/mol. The van der Waals surface area contributed by atoms with Gasteiger partial charge in [-0.05, 0) is 128 Å². The minimum Gasteiger partial charge on any atom is -0.265 e. The Morgan fingerprint density at radius 3 is 1.28 bits per heavy atom. The maximum absolute atomic E-state index is 4.28. The van der Waals surface area contributed by atoms with E-state index < -0.39 is 0 Å². The van der Waals surface area contributed by atoms with Gasteiger partial charge in [-0.1, -0.05) is 51.0 Å². The first-order valence-corrected chi connectivity index (χ1v) is 13.4. The second kappa shape index (κ2) is 9.70. The van der Waals surface area contributed by atoms with Crippen LogP contribution in [0, 0.1) is 0 Å². The third-order valence-electron chi connectivity index (χ3n) is 7.65. The first kappa shape index (κ1) is 22.7. The highest BCUT2D eigenvalue weighted by Crippen LogP contribution is 2.45. The van der Waals surface area contributed by atoms with E-state index >= 15 is 0 Å². The van der Waals surface area contributed by atoms with E-state index in [0.717, 1.165) is 12.8 Å². The van der Waals surface area contributed by atoms with Crippen LogP contribution in [0.1, 0.15) is 50.7 Å². The standard InChI is InChI=1S/C34H32N2/c1-3-5-7-25-21-31(23-13-17-35-18-14-23)29-12-10-28-26(8-6-4-2)22-32(24-15-19-36-20-16-24)30-11-9-27(25)33(29)34(28)30/h9-22H,3-8H2,1-2H3. The van der Waals surface area contributed by atoms with Crippen LogP contribution < -0.4 is 0 Å². The van der Waals surface area contributed by atoms with Crippen molar-refractivity contribution in [2.24, 2.45) is 0 Å². The Morgan fingerprint density at radius 2 is 0.889 bits per heavy atom. The number of nitrogens with zero attached hydrogens (tertiary/aromatic N) is 2. The van der Waals surface area contributed by atoms with Gasteiger partial charge in [-0.3, -0.25) is 9.97 Å². The van der Waals surface area contributed by atoms with E-state index in [0.29, 0.717) is 0 Å². The molecule has 2 heterocycles. The number of aromatic nitrogens is 2. The molecule has 0 unspecified atom stereocenters. The van der Waals surface area contributed by atoms with Crippen LogP contribution >= 0.6 is 0 Å². The number of pyridine rings is 2. The molecule has 0 atom stereocenters. The predicted octanol–water partition coefficient (Wildman–Crippen LogP) is 9.39. The number of hydrogen-bond acceptors (Lipinski definition) is 2. The molecule has 178 valence electrons. The zero-order valence-electron chi connectivity index (χ0n) is 21.2. The predicted molar refractivity (Wildman–Crippen MR) is 154 cm³/mol. The normalized spacial score (nSPS) is 11.7. The molecule has 0 aliphatic rings. The minimum atomic E-state index is 1.10. The minimum absolute atomic E-state index is 1.10. The van der Waals surface area contributed by atoms with E-state index in [-0.39, 0.29) is 0 Å². The monoisotopic (exact) mass is 468 g/mol. The summed E-state index contributed by atoms with van der Waals surface area (Å²) in [5.41, 5.74) is 8.01. The summed E-state index contributed by atoms with van der Waals surface area (Å²) in [5, 5.41) is 8.31. The number of hydrogen-bond donors (Lipinski definition) is 0. The Balaban J connectivity index is 1.76. The Kier molecular flexibility index (Phi) is 6.11. The summed E-state index contributed by atoms with van der Waals surface area (Å²) in [6.07, 6.45) is 14.6. The van der Waals surface area contributed by atoms with Gasteiger partial charge in [0.15, 0.2) is 0 Å². The van der Waals surface area contributed by atoms with Gasteiger partial charge in [0.25, 0.3) is 0 Å². The van der Waals surface area contributed by atoms with Crippen LogP contribution in [0.4, 0.5) is 0 Å². The molecule has 36 heavy (non-hydrogen) atoms. The molecule has 6 rings (SSSR count). The molecule has 4 aromatic carbocycles. The van der Waals surface area contributed by atoms with Gasteiger partial charge in [0.05, 0.1) is 0 Å². The van der Waals surface area contributed by atoms with Crippen molar-refractivity contribution < 1.29 is 0 Å². The van der Waals surface area contributed by atoms with Gasteiger partial charge < -0.3 is 0 Å². The second-order valence-corrected chi connectivity index (χ2v) is 9.92. The summed E-state index contributed by atoms with van der Waals surface area (Å²) in [4.78, 5) is 8.57. The zero-order valence-corrected chi connectivity index (χ0v) is 21.2. The van der Waals surface area contributed by atoms with Crippen molar-refractivity contribution in [3.05, 3.63) is 96.6 Å². The van der Waals surface area contributed by atoms with Gasteiger partial charge in [0.2, 0.25) is 0 Å². The van der Waals surface area contributed by atoms with E-state index in [1.807, 2.05) is 24.8 Å². The third-order valence-corrected chi connectivity index (χ3v) is 7.65. The van der Waals surface area contributed by atoms with Crippen LogP contribution in [0.5, 0.6) is 0 Å². The fourth-order valence-corrected chi connectivity index (χ4v) is 5.83. The molecule has 6 aromatic rings. The molecule has 0 saturated carbocycles. The quantitative estimate of drug-likeness (QED) is 0.208. The number of aryl methyl sites for hydroxylation is 2. The maximum Gasteiger partial charge on any atom is 0.0273 e. The molecule has 0 bridgehead atoms. The summed E-state index contributed by atoms with van der Waals surface area (Å²) in [6, 6.07) is 22.9. The highest BCUT2D eigenvalue weighted by Gasteiger charge is 2.19. The van der Waals surface area contributed by atoms with Crippen LogP contribution in [0.15, 0.2) is 85.5 Å². The molecule has 0 aliphatic heterocycles. The molecule has 2 nitrogen and oxygen atoms in total. The van der Waals surface area contributed by atoms with Gasteiger partial charge in [0.1, 0.15) is 0 Å². The van der Waals surface area contributed by atoms with E-state index in [1.54, 1.807) is 0 Å². The molecule has 0 radical (unpaired) electrons.